The molecule has 0 N–H and O–H groups in total. The molecular formula is C28H32ClN5O. The molecule has 6 nitrogen and oxygen atoms in total. The molecule has 5 rings (SSSR count). The molecule has 0 unspecified atom stereocenters. The number of benzene rings is 2. The molecule has 1 amide bonds. The van der Waals surface area contributed by atoms with E-state index in [1.807, 2.05) is 17.9 Å². The van der Waals surface area contributed by atoms with E-state index in [1.54, 1.807) is 12.4 Å². The third-order valence-corrected chi connectivity index (χ3v) is 7.66. The van der Waals surface area contributed by atoms with Gasteiger partial charge in [-0.15, -0.1) is 0 Å². The van der Waals surface area contributed by atoms with E-state index in [0.717, 1.165) is 80.8 Å². The Morgan fingerprint density at radius 2 is 1.66 bits per heavy atom. The second-order valence-electron chi connectivity index (χ2n) is 9.53. The molecule has 0 radical (unpaired) electrons. The molecule has 3 heterocycles. The van der Waals surface area contributed by atoms with Gasteiger partial charge in [0, 0.05) is 56.1 Å². The van der Waals surface area contributed by atoms with Crippen LogP contribution >= 0.6 is 11.6 Å². The number of carbonyl (C=O) groups is 1. The van der Waals surface area contributed by atoms with E-state index in [-0.39, 0.29) is 5.92 Å². The molecule has 2 aliphatic rings. The van der Waals surface area contributed by atoms with Crippen molar-refractivity contribution >= 4 is 23.5 Å². The number of aryl methyl sites for hydroxylation is 1. The van der Waals surface area contributed by atoms with Crippen molar-refractivity contribution in [1.29, 1.82) is 0 Å². The summed E-state index contributed by atoms with van der Waals surface area (Å²) in [5, 5.41) is 0.800. The van der Waals surface area contributed by atoms with Crippen molar-refractivity contribution in [2.24, 2.45) is 5.92 Å². The summed E-state index contributed by atoms with van der Waals surface area (Å²) in [6.45, 7) is 7.85. The summed E-state index contributed by atoms with van der Waals surface area (Å²) >= 11 is 6.40. The van der Waals surface area contributed by atoms with Gasteiger partial charge in [-0.1, -0.05) is 48.0 Å². The number of hydrogen-bond donors (Lipinski definition) is 0. The maximum Gasteiger partial charge on any atom is 0.225 e. The van der Waals surface area contributed by atoms with Gasteiger partial charge in [-0.25, -0.2) is 9.97 Å². The normalized spacial score (nSPS) is 17.5. The summed E-state index contributed by atoms with van der Waals surface area (Å²) in [5.74, 6) is 1.19. The predicted octanol–water partition coefficient (Wildman–Crippen LogP) is 4.67. The van der Waals surface area contributed by atoms with Crippen molar-refractivity contribution in [2.45, 2.75) is 26.3 Å². The molecule has 0 saturated carbocycles. The third-order valence-electron chi connectivity index (χ3n) is 7.26. The first-order valence-electron chi connectivity index (χ1n) is 12.5. The van der Waals surface area contributed by atoms with Crippen molar-refractivity contribution < 1.29 is 4.79 Å². The van der Waals surface area contributed by atoms with Crippen LogP contribution in [0.3, 0.4) is 0 Å². The third kappa shape index (κ3) is 5.49. The fourth-order valence-electron chi connectivity index (χ4n) is 5.12. The Morgan fingerprint density at radius 3 is 2.37 bits per heavy atom. The lowest BCUT2D eigenvalue weighted by Gasteiger charge is -2.38. The lowest BCUT2D eigenvalue weighted by Crippen LogP contribution is -2.52. The second-order valence-corrected chi connectivity index (χ2v) is 9.94. The van der Waals surface area contributed by atoms with E-state index in [9.17, 15) is 4.79 Å². The van der Waals surface area contributed by atoms with Crippen LogP contribution in [-0.2, 0) is 11.3 Å². The van der Waals surface area contributed by atoms with Crippen LogP contribution in [-0.4, -0.2) is 64.9 Å². The van der Waals surface area contributed by atoms with Gasteiger partial charge in [0.2, 0.25) is 11.9 Å². The van der Waals surface area contributed by atoms with Crippen LogP contribution in [0.2, 0.25) is 5.02 Å². The summed E-state index contributed by atoms with van der Waals surface area (Å²) in [6.07, 6.45) is 5.36. The predicted molar refractivity (Wildman–Crippen MR) is 140 cm³/mol. The minimum atomic E-state index is 0.122. The van der Waals surface area contributed by atoms with E-state index in [4.69, 9.17) is 11.6 Å². The SMILES string of the molecule is Cc1ccc(-c2ccccc2CN2CCC(C(=O)N3CCN(c4ncccn4)CC3)CC2)cc1Cl. The fraction of sp³-hybridized carbons (Fsp3) is 0.393. The van der Waals surface area contributed by atoms with Crippen LogP contribution in [0.1, 0.15) is 24.0 Å². The molecule has 2 aliphatic heterocycles. The van der Waals surface area contributed by atoms with Crippen molar-refractivity contribution in [2.75, 3.05) is 44.2 Å². The number of amides is 1. The number of piperidine rings is 1. The van der Waals surface area contributed by atoms with E-state index in [1.165, 1.54) is 11.1 Å². The molecule has 2 fully saturated rings. The summed E-state index contributed by atoms with van der Waals surface area (Å²) < 4.78 is 0. The maximum atomic E-state index is 13.2. The van der Waals surface area contributed by atoms with Crippen molar-refractivity contribution in [1.82, 2.24) is 19.8 Å². The number of rotatable bonds is 5. The number of likely N-dealkylation sites (tertiary alicyclic amines) is 1. The van der Waals surface area contributed by atoms with Crippen LogP contribution in [0, 0.1) is 12.8 Å². The number of piperazine rings is 1. The van der Waals surface area contributed by atoms with Gasteiger partial charge in [-0.3, -0.25) is 9.69 Å². The topological polar surface area (TPSA) is 52.6 Å². The van der Waals surface area contributed by atoms with Crippen molar-refractivity contribution in [3.8, 4) is 11.1 Å². The highest BCUT2D eigenvalue weighted by molar-refractivity contribution is 6.31. The molecule has 35 heavy (non-hydrogen) atoms. The first-order valence-corrected chi connectivity index (χ1v) is 12.8. The van der Waals surface area contributed by atoms with Crippen molar-refractivity contribution in [3.63, 3.8) is 0 Å². The average molecular weight is 490 g/mol. The Labute approximate surface area is 212 Å². The monoisotopic (exact) mass is 489 g/mol. The smallest absolute Gasteiger partial charge is 0.225 e. The first-order chi connectivity index (χ1) is 17.1. The van der Waals surface area contributed by atoms with Gasteiger partial charge < -0.3 is 9.80 Å². The average Bonchev–Trinajstić information content (AvgIpc) is 2.91. The molecule has 7 heteroatoms. The van der Waals surface area contributed by atoms with Crippen LogP contribution in [0.15, 0.2) is 60.9 Å². The van der Waals surface area contributed by atoms with Crippen LogP contribution in [0.4, 0.5) is 5.95 Å². The molecule has 0 aliphatic carbocycles. The van der Waals surface area contributed by atoms with Crippen LogP contribution in [0.25, 0.3) is 11.1 Å². The Kier molecular flexibility index (Phi) is 7.30. The van der Waals surface area contributed by atoms with Gasteiger partial charge in [-0.05, 0) is 67.2 Å². The highest BCUT2D eigenvalue weighted by atomic mass is 35.5. The lowest BCUT2D eigenvalue weighted by molar-refractivity contribution is -0.137. The molecule has 3 aromatic rings. The zero-order valence-electron chi connectivity index (χ0n) is 20.2. The minimum Gasteiger partial charge on any atom is -0.339 e. The molecule has 182 valence electrons. The molecule has 2 saturated heterocycles. The highest BCUT2D eigenvalue weighted by Gasteiger charge is 2.31. The summed E-state index contributed by atoms with van der Waals surface area (Å²) in [6, 6.07) is 16.7. The van der Waals surface area contributed by atoms with E-state index >= 15 is 0 Å². The van der Waals surface area contributed by atoms with Gasteiger partial charge in [0.15, 0.2) is 0 Å². The highest BCUT2D eigenvalue weighted by Crippen LogP contribution is 2.30. The Balaban J connectivity index is 1.15. The van der Waals surface area contributed by atoms with E-state index < -0.39 is 0 Å². The molecule has 1 aromatic heterocycles. The second kappa shape index (κ2) is 10.8. The molecule has 0 atom stereocenters. The van der Waals surface area contributed by atoms with Crippen molar-refractivity contribution in [3.05, 3.63) is 77.1 Å². The van der Waals surface area contributed by atoms with Crippen LogP contribution < -0.4 is 4.90 Å². The number of hydrogen-bond acceptors (Lipinski definition) is 5. The standard InChI is InChI=1S/C28H32ClN5O/c1-21-7-8-23(19-26(21)29)25-6-3-2-5-24(25)20-32-13-9-22(10-14-32)27(35)33-15-17-34(18-16-33)28-30-11-4-12-31-28/h2-8,11-12,19,22H,9-10,13-18,20H2,1H3. The number of nitrogens with zero attached hydrogens (tertiary/aromatic N) is 5. The van der Waals surface area contributed by atoms with Gasteiger partial charge in [0.1, 0.15) is 0 Å². The number of carbonyl (C=O) groups excluding carboxylic acids is 1. The quantitative estimate of drug-likeness (QED) is 0.521. The van der Waals surface area contributed by atoms with Gasteiger partial charge in [-0.2, -0.15) is 0 Å². The Hall–Kier alpha value is -2.96. The largest absolute Gasteiger partial charge is 0.339 e. The zero-order chi connectivity index (χ0) is 24.2. The summed E-state index contributed by atoms with van der Waals surface area (Å²) in [4.78, 5) is 28.6. The first kappa shape index (κ1) is 23.8. The van der Waals surface area contributed by atoms with E-state index in [0.29, 0.717) is 5.91 Å². The number of aromatic nitrogens is 2. The molecule has 2 aromatic carbocycles. The summed E-state index contributed by atoms with van der Waals surface area (Å²) in [7, 11) is 0. The number of halogens is 1. The van der Waals surface area contributed by atoms with Gasteiger partial charge in [0.05, 0.1) is 0 Å². The Bertz CT molecular complexity index is 1160. The van der Waals surface area contributed by atoms with E-state index in [2.05, 4.69) is 62.2 Å². The zero-order valence-corrected chi connectivity index (χ0v) is 21.0. The maximum absolute atomic E-state index is 13.2. The Morgan fingerprint density at radius 1 is 0.943 bits per heavy atom. The van der Waals surface area contributed by atoms with Crippen LogP contribution in [0.5, 0.6) is 0 Å². The fourth-order valence-corrected chi connectivity index (χ4v) is 5.30. The van der Waals surface area contributed by atoms with Gasteiger partial charge in [0.25, 0.3) is 0 Å². The lowest BCUT2D eigenvalue weighted by atomic mass is 9.93. The molecule has 0 bridgehead atoms. The molecular weight excluding hydrogens is 458 g/mol. The summed E-state index contributed by atoms with van der Waals surface area (Å²) in [5.41, 5.74) is 4.78. The molecule has 0 spiro atoms. The number of anilines is 1. The van der Waals surface area contributed by atoms with Gasteiger partial charge >= 0.3 is 0 Å². The minimum absolute atomic E-state index is 0.122.